The Balaban J connectivity index is 1.34. The van der Waals surface area contributed by atoms with Crippen molar-refractivity contribution in [3.63, 3.8) is 0 Å². The molecule has 0 spiro atoms. The number of pyridine rings is 1. The van der Waals surface area contributed by atoms with Crippen molar-refractivity contribution in [1.29, 1.82) is 0 Å². The van der Waals surface area contributed by atoms with E-state index in [1.807, 2.05) is 24.4 Å². The SMILES string of the molecule is C/C=C/CCc1ccc(CCc2ccc(C#Cc3ccc4cc(F)ccc4c3)cc2)nc1. The number of hydrogen-bond donors (Lipinski definition) is 0. The minimum atomic E-state index is -0.218. The molecule has 3 aromatic carbocycles. The Morgan fingerprint density at radius 3 is 2.25 bits per heavy atom. The molecule has 0 N–H and O–H groups in total. The normalized spacial score (nSPS) is 10.9. The Bertz CT molecular complexity index is 1270. The fraction of sp³-hybridized carbons (Fsp3) is 0.167. The second kappa shape index (κ2) is 10.6. The zero-order chi connectivity index (χ0) is 22.2. The van der Waals surface area contributed by atoms with E-state index in [9.17, 15) is 4.39 Å². The third kappa shape index (κ3) is 5.93. The van der Waals surface area contributed by atoms with Crippen LogP contribution in [0.1, 0.15) is 41.3 Å². The number of aromatic nitrogens is 1. The van der Waals surface area contributed by atoms with Crippen LogP contribution >= 0.6 is 0 Å². The van der Waals surface area contributed by atoms with Gasteiger partial charge in [-0.05, 0) is 97.0 Å². The van der Waals surface area contributed by atoms with Crippen LogP contribution in [0.5, 0.6) is 0 Å². The van der Waals surface area contributed by atoms with Gasteiger partial charge in [0.2, 0.25) is 0 Å². The van der Waals surface area contributed by atoms with Gasteiger partial charge in [0, 0.05) is 23.0 Å². The Morgan fingerprint density at radius 1 is 0.750 bits per heavy atom. The first kappa shape index (κ1) is 21.5. The van der Waals surface area contributed by atoms with E-state index >= 15 is 0 Å². The van der Waals surface area contributed by atoms with Crippen LogP contribution in [0.2, 0.25) is 0 Å². The van der Waals surface area contributed by atoms with Gasteiger partial charge in [0.05, 0.1) is 0 Å². The van der Waals surface area contributed by atoms with Gasteiger partial charge in [0.1, 0.15) is 5.82 Å². The number of rotatable bonds is 6. The molecular formula is C30H26FN. The van der Waals surface area contributed by atoms with Crippen molar-refractivity contribution in [2.45, 2.75) is 32.6 Å². The third-order valence-electron chi connectivity index (χ3n) is 5.50. The maximum atomic E-state index is 13.3. The average Bonchev–Trinajstić information content (AvgIpc) is 2.83. The molecule has 0 saturated heterocycles. The molecule has 0 fully saturated rings. The highest BCUT2D eigenvalue weighted by Gasteiger charge is 2.00. The molecule has 0 amide bonds. The van der Waals surface area contributed by atoms with E-state index in [2.05, 4.69) is 72.3 Å². The summed E-state index contributed by atoms with van der Waals surface area (Å²) in [6.45, 7) is 2.05. The van der Waals surface area contributed by atoms with Gasteiger partial charge in [-0.3, -0.25) is 4.98 Å². The van der Waals surface area contributed by atoms with Gasteiger partial charge in [-0.1, -0.05) is 54.3 Å². The number of nitrogens with zero attached hydrogens (tertiary/aromatic N) is 1. The second-order valence-corrected chi connectivity index (χ2v) is 7.92. The van der Waals surface area contributed by atoms with Crippen molar-refractivity contribution in [2.75, 3.05) is 0 Å². The van der Waals surface area contributed by atoms with E-state index < -0.39 is 0 Å². The highest BCUT2D eigenvalue weighted by molar-refractivity contribution is 5.83. The largest absolute Gasteiger partial charge is 0.261 e. The van der Waals surface area contributed by atoms with Crippen molar-refractivity contribution in [3.8, 4) is 11.8 Å². The number of allylic oxidation sites excluding steroid dienone is 2. The first-order chi connectivity index (χ1) is 15.7. The lowest BCUT2D eigenvalue weighted by Crippen LogP contribution is -1.96. The molecule has 0 aliphatic carbocycles. The smallest absolute Gasteiger partial charge is 0.123 e. The fourth-order valence-electron chi connectivity index (χ4n) is 3.63. The summed E-state index contributed by atoms with van der Waals surface area (Å²) in [5.41, 5.74) is 5.60. The van der Waals surface area contributed by atoms with E-state index in [1.165, 1.54) is 17.2 Å². The van der Waals surface area contributed by atoms with E-state index in [1.54, 1.807) is 12.1 Å². The van der Waals surface area contributed by atoms with Crippen LogP contribution in [0.3, 0.4) is 0 Å². The van der Waals surface area contributed by atoms with Gasteiger partial charge >= 0.3 is 0 Å². The van der Waals surface area contributed by atoms with Crippen molar-refractivity contribution < 1.29 is 4.39 Å². The zero-order valence-electron chi connectivity index (χ0n) is 18.3. The number of halogens is 1. The summed E-state index contributed by atoms with van der Waals surface area (Å²) in [6.07, 6.45) is 10.3. The molecule has 0 bridgehead atoms. The van der Waals surface area contributed by atoms with Crippen molar-refractivity contribution in [3.05, 3.63) is 125 Å². The molecule has 4 aromatic rings. The summed E-state index contributed by atoms with van der Waals surface area (Å²) >= 11 is 0. The molecule has 158 valence electrons. The number of aryl methyl sites for hydroxylation is 3. The summed E-state index contributed by atoms with van der Waals surface area (Å²) < 4.78 is 13.3. The van der Waals surface area contributed by atoms with Gasteiger partial charge < -0.3 is 0 Å². The van der Waals surface area contributed by atoms with Crippen LogP contribution in [-0.2, 0) is 19.3 Å². The molecule has 1 aromatic heterocycles. The molecule has 0 unspecified atom stereocenters. The van der Waals surface area contributed by atoms with Crippen LogP contribution in [0.25, 0.3) is 10.8 Å². The summed E-state index contributed by atoms with van der Waals surface area (Å²) in [5.74, 6) is 6.22. The maximum absolute atomic E-state index is 13.3. The van der Waals surface area contributed by atoms with Gasteiger partial charge in [0.15, 0.2) is 0 Å². The Hall–Kier alpha value is -3.70. The van der Waals surface area contributed by atoms with Gasteiger partial charge in [0.25, 0.3) is 0 Å². The van der Waals surface area contributed by atoms with Crippen LogP contribution in [0.4, 0.5) is 4.39 Å². The summed E-state index contributed by atoms with van der Waals surface area (Å²) in [6, 6.07) is 23.4. The molecule has 0 saturated carbocycles. The lowest BCUT2D eigenvalue weighted by Gasteiger charge is -2.04. The topological polar surface area (TPSA) is 12.9 Å². The van der Waals surface area contributed by atoms with Crippen LogP contribution in [0.15, 0.2) is 91.1 Å². The first-order valence-electron chi connectivity index (χ1n) is 11.0. The highest BCUT2D eigenvalue weighted by Crippen LogP contribution is 2.17. The van der Waals surface area contributed by atoms with Crippen LogP contribution in [-0.4, -0.2) is 4.98 Å². The molecule has 1 heterocycles. The molecule has 32 heavy (non-hydrogen) atoms. The third-order valence-corrected chi connectivity index (χ3v) is 5.50. The minimum Gasteiger partial charge on any atom is -0.261 e. The zero-order valence-corrected chi connectivity index (χ0v) is 18.3. The van der Waals surface area contributed by atoms with E-state index in [0.29, 0.717) is 0 Å². The van der Waals surface area contributed by atoms with E-state index in [-0.39, 0.29) is 5.82 Å². The Kier molecular flexibility index (Phi) is 7.10. The number of fused-ring (bicyclic) bond motifs is 1. The van der Waals surface area contributed by atoms with Gasteiger partial charge in [-0.25, -0.2) is 4.39 Å². The van der Waals surface area contributed by atoms with Crippen molar-refractivity contribution >= 4 is 10.8 Å². The van der Waals surface area contributed by atoms with E-state index in [4.69, 9.17) is 0 Å². The highest BCUT2D eigenvalue weighted by atomic mass is 19.1. The molecule has 4 rings (SSSR count). The molecule has 0 aliphatic rings. The molecular weight excluding hydrogens is 393 g/mol. The fourth-order valence-corrected chi connectivity index (χ4v) is 3.63. The Labute approximate surface area is 189 Å². The number of benzene rings is 3. The Morgan fingerprint density at radius 2 is 1.47 bits per heavy atom. The molecule has 1 nitrogen and oxygen atoms in total. The quantitative estimate of drug-likeness (QED) is 0.241. The molecule has 0 aliphatic heterocycles. The molecule has 0 radical (unpaired) electrons. The lowest BCUT2D eigenvalue weighted by atomic mass is 10.0. The van der Waals surface area contributed by atoms with E-state index in [0.717, 1.165) is 53.3 Å². The first-order valence-corrected chi connectivity index (χ1v) is 11.0. The maximum Gasteiger partial charge on any atom is 0.123 e. The van der Waals surface area contributed by atoms with Gasteiger partial charge in [-0.15, -0.1) is 0 Å². The standard InChI is InChI=1S/C30H26FN/c1-2-3-4-5-26-14-19-30(32-22-26)18-13-24-8-6-23(7-9-24)10-11-25-12-15-28-21-29(31)17-16-27(28)20-25/h2-3,6-9,12,14-17,19-22H,4-5,13,18H2,1H3/b3-2+. The summed E-state index contributed by atoms with van der Waals surface area (Å²) in [5, 5.41) is 1.88. The molecule has 0 atom stereocenters. The predicted molar refractivity (Wildman–Crippen MR) is 131 cm³/mol. The molecule has 2 heteroatoms. The lowest BCUT2D eigenvalue weighted by molar-refractivity contribution is 0.630. The van der Waals surface area contributed by atoms with Crippen LogP contribution in [0, 0.1) is 17.7 Å². The number of hydrogen-bond acceptors (Lipinski definition) is 1. The monoisotopic (exact) mass is 419 g/mol. The minimum absolute atomic E-state index is 0.218. The van der Waals surface area contributed by atoms with Crippen molar-refractivity contribution in [2.24, 2.45) is 0 Å². The predicted octanol–water partition coefficient (Wildman–Crippen LogP) is 7.07. The van der Waals surface area contributed by atoms with Crippen molar-refractivity contribution in [1.82, 2.24) is 4.98 Å². The summed E-state index contributed by atoms with van der Waals surface area (Å²) in [4.78, 5) is 4.61. The van der Waals surface area contributed by atoms with Crippen LogP contribution < -0.4 is 0 Å². The summed E-state index contributed by atoms with van der Waals surface area (Å²) in [7, 11) is 0. The van der Waals surface area contributed by atoms with Gasteiger partial charge in [-0.2, -0.15) is 0 Å². The second-order valence-electron chi connectivity index (χ2n) is 7.92. The average molecular weight is 420 g/mol.